The molecule has 0 radical (unpaired) electrons. The van der Waals surface area contributed by atoms with E-state index in [1.165, 1.54) is 0 Å². The summed E-state index contributed by atoms with van der Waals surface area (Å²) in [6, 6.07) is 0.340. The van der Waals surface area contributed by atoms with Crippen molar-refractivity contribution in [3.63, 3.8) is 0 Å². The SMILES string of the molecule is CC(C)N1CC=CC1=O. The maximum absolute atomic E-state index is 10.9. The fourth-order valence-corrected chi connectivity index (χ4v) is 0.918. The third-order valence-corrected chi connectivity index (χ3v) is 1.47. The van der Waals surface area contributed by atoms with Crippen LogP contribution in [-0.4, -0.2) is 23.4 Å². The second-order valence-electron chi connectivity index (χ2n) is 2.49. The van der Waals surface area contributed by atoms with Crippen molar-refractivity contribution < 1.29 is 4.79 Å². The van der Waals surface area contributed by atoms with Crippen molar-refractivity contribution in [3.05, 3.63) is 12.2 Å². The van der Waals surface area contributed by atoms with Crippen LogP contribution in [0.25, 0.3) is 0 Å². The van der Waals surface area contributed by atoms with Crippen molar-refractivity contribution in [2.75, 3.05) is 6.54 Å². The molecule has 9 heavy (non-hydrogen) atoms. The highest BCUT2D eigenvalue weighted by atomic mass is 16.2. The van der Waals surface area contributed by atoms with E-state index in [2.05, 4.69) is 0 Å². The van der Waals surface area contributed by atoms with Gasteiger partial charge in [0.05, 0.1) is 0 Å². The van der Waals surface area contributed by atoms with Crippen LogP contribution < -0.4 is 0 Å². The highest BCUT2D eigenvalue weighted by Gasteiger charge is 2.16. The zero-order valence-electron chi connectivity index (χ0n) is 5.79. The summed E-state index contributed by atoms with van der Waals surface area (Å²) in [6.07, 6.45) is 3.52. The topological polar surface area (TPSA) is 20.3 Å². The molecule has 1 aliphatic heterocycles. The molecular weight excluding hydrogens is 114 g/mol. The highest BCUT2D eigenvalue weighted by Crippen LogP contribution is 2.05. The van der Waals surface area contributed by atoms with Gasteiger partial charge in [-0.05, 0) is 13.8 Å². The largest absolute Gasteiger partial charge is 0.333 e. The molecule has 0 N–H and O–H groups in total. The van der Waals surface area contributed by atoms with Gasteiger partial charge in [-0.15, -0.1) is 0 Å². The fraction of sp³-hybridized carbons (Fsp3) is 0.571. The van der Waals surface area contributed by atoms with E-state index >= 15 is 0 Å². The van der Waals surface area contributed by atoms with Crippen LogP contribution in [-0.2, 0) is 4.79 Å². The maximum atomic E-state index is 10.9. The van der Waals surface area contributed by atoms with Crippen molar-refractivity contribution >= 4 is 5.91 Å². The monoisotopic (exact) mass is 125 g/mol. The predicted octanol–water partition coefficient (Wildman–Crippen LogP) is 0.793. The molecule has 0 saturated carbocycles. The molecule has 1 heterocycles. The molecule has 50 valence electrons. The van der Waals surface area contributed by atoms with Gasteiger partial charge in [0.15, 0.2) is 0 Å². The van der Waals surface area contributed by atoms with E-state index < -0.39 is 0 Å². The average molecular weight is 125 g/mol. The Balaban J connectivity index is 2.56. The molecule has 2 nitrogen and oxygen atoms in total. The first-order valence-corrected chi connectivity index (χ1v) is 3.19. The van der Waals surface area contributed by atoms with Gasteiger partial charge in [0.1, 0.15) is 0 Å². The summed E-state index contributed by atoms with van der Waals surface area (Å²) in [5.74, 6) is 0.144. The van der Waals surface area contributed by atoms with Crippen LogP contribution in [0.3, 0.4) is 0 Å². The summed E-state index contributed by atoms with van der Waals surface area (Å²) >= 11 is 0. The maximum Gasteiger partial charge on any atom is 0.246 e. The third-order valence-electron chi connectivity index (χ3n) is 1.47. The minimum Gasteiger partial charge on any atom is -0.333 e. The van der Waals surface area contributed by atoms with Gasteiger partial charge in [-0.2, -0.15) is 0 Å². The molecule has 2 heteroatoms. The summed E-state index contributed by atoms with van der Waals surface area (Å²) in [6.45, 7) is 4.83. The molecular formula is C7H11NO. The molecule has 0 aliphatic carbocycles. The Morgan fingerprint density at radius 2 is 2.33 bits per heavy atom. The van der Waals surface area contributed by atoms with Crippen molar-refractivity contribution in [2.24, 2.45) is 0 Å². The fourth-order valence-electron chi connectivity index (χ4n) is 0.918. The quantitative estimate of drug-likeness (QED) is 0.507. The van der Waals surface area contributed by atoms with Gasteiger partial charge < -0.3 is 4.90 Å². The van der Waals surface area contributed by atoms with E-state index in [0.29, 0.717) is 6.04 Å². The Hall–Kier alpha value is -0.790. The summed E-state index contributed by atoms with van der Waals surface area (Å²) in [5.41, 5.74) is 0. The predicted molar refractivity (Wildman–Crippen MR) is 36.0 cm³/mol. The second kappa shape index (κ2) is 2.21. The first-order valence-electron chi connectivity index (χ1n) is 3.19. The number of rotatable bonds is 1. The molecule has 0 spiro atoms. The molecule has 0 saturated heterocycles. The summed E-state index contributed by atoms with van der Waals surface area (Å²) in [4.78, 5) is 12.7. The molecule has 0 fully saturated rings. The zero-order chi connectivity index (χ0) is 6.85. The van der Waals surface area contributed by atoms with Gasteiger partial charge in [-0.25, -0.2) is 0 Å². The van der Waals surface area contributed by atoms with Crippen LogP contribution in [0, 0.1) is 0 Å². The standard InChI is InChI=1S/C7H11NO/c1-6(2)8-5-3-4-7(8)9/h3-4,6H,5H2,1-2H3. The lowest BCUT2D eigenvalue weighted by Crippen LogP contribution is -2.32. The lowest BCUT2D eigenvalue weighted by atomic mass is 10.3. The third kappa shape index (κ3) is 1.12. The zero-order valence-corrected chi connectivity index (χ0v) is 5.79. The summed E-state index contributed by atoms with van der Waals surface area (Å²) < 4.78 is 0. The number of carbonyl (C=O) groups excluding carboxylic acids is 1. The Morgan fingerprint density at radius 1 is 1.67 bits per heavy atom. The first-order chi connectivity index (χ1) is 4.22. The molecule has 0 unspecified atom stereocenters. The number of hydrogen-bond donors (Lipinski definition) is 0. The van der Waals surface area contributed by atoms with Crippen molar-refractivity contribution in [3.8, 4) is 0 Å². The van der Waals surface area contributed by atoms with Gasteiger partial charge in [0.2, 0.25) is 5.91 Å². The van der Waals surface area contributed by atoms with Crippen molar-refractivity contribution in [1.29, 1.82) is 0 Å². The lowest BCUT2D eigenvalue weighted by molar-refractivity contribution is -0.125. The minimum absolute atomic E-state index is 0.144. The Kier molecular flexibility index (Phi) is 1.56. The molecule has 0 aromatic rings. The van der Waals surface area contributed by atoms with Gasteiger partial charge >= 0.3 is 0 Å². The van der Waals surface area contributed by atoms with E-state index in [1.54, 1.807) is 6.08 Å². The van der Waals surface area contributed by atoms with E-state index in [-0.39, 0.29) is 5.91 Å². The highest BCUT2D eigenvalue weighted by molar-refractivity contribution is 5.90. The van der Waals surface area contributed by atoms with Crippen LogP contribution in [0.15, 0.2) is 12.2 Å². The average Bonchev–Trinajstić information content (AvgIpc) is 2.13. The second-order valence-corrected chi connectivity index (χ2v) is 2.49. The molecule has 1 rings (SSSR count). The van der Waals surface area contributed by atoms with Crippen molar-refractivity contribution in [2.45, 2.75) is 19.9 Å². The number of hydrogen-bond acceptors (Lipinski definition) is 1. The van der Waals surface area contributed by atoms with Crippen LogP contribution in [0.4, 0.5) is 0 Å². The Morgan fingerprint density at radius 3 is 2.56 bits per heavy atom. The lowest BCUT2D eigenvalue weighted by Gasteiger charge is -2.19. The summed E-state index contributed by atoms with van der Waals surface area (Å²) in [5, 5.41) is 0. The number of nitrogens with zero attached hydrogens (tertiary/aromatic N) is 1. The normalized spacial score (nSPS) is 18.1. The van der Waals surface area contributed by atoms with Crippen LogP contribution >= 0.6 is 0 Å². The van der Waals surface area contributed by atoms with E-state index in [9.17, 15) is 4.79 Å². The molecule has 1 aliphatic rings. The molecule has 0 aromatic carbocycles. The van der Waals surface area contributed by atoms with Gasteiger partial charge in [0.25, 0.3) is 0 Å². The van der Waals surface area contributed by atoms with Crippen LogP contribution in [0.5, 0.6) is 0 Å². The van der Waals surface area contributed by atoms with E-state index in [4.69, 9.17) is 0 Å². The smallest absolute Gasteiger partial charge is 0.246 e. The number of carbonyl (C=O) groups is 1. The van der Waals surface area contributed by atoms with Gasteiger partial charge in [-0.1, -0.05) is 6.08 Å². The first kappa shape index (κ1) is 6.33. The van der Waals surface area contributed by atoms with Crippen LogP contribution in [0.1, 0.15) is 13.8 Å². The Bertz CT molecular complexity index is 149. The van der Waals surface area contributed by atoms with Crippen molar-refractivity contribution in [1.82, 2.24) is 4.90 Å². The molecule has 0 aromatic heterocycles. The van der Waals surface area contributed by atoms with Crippen LogP contribution in [0.2, 0.25) is 0 Å². The van der Waals surface area contributed by atoms with Gasteiger partial charge in [-0.3, -0.25) is 4.79 Å². The van der Waals surface area contributed by atoms with Gasteiger partial charge in [0, 0.05) is 18.7 Å². The molecule has 1 amide bonds. The van der Waals surface area contributed by atoms with E-state index in [0.717, 1.165) is 6.54 Å². The van der Waals surface area contributed by atoms with E-state index in [1.807, 2.05) is 24.8 Å². The minimum atomic E-state index is 0.144. The summed E-state index contributed by atoms with van der Waals surface area (Å²) in [7, 11) is 0. The Labute approximate surface area is 55.2 Å². The number of amides is 1. The molecule has 0 bridgehead atoms. The molecule has 0 atom stereocenters.